The van der Waals surface area contributed by atoms with Gasteiger partial charge in [0.2, 0.25) is 0 Å². The third-order valence-electron chi connectivity index (χ3n) is 3.71. The van der Waals surface area contributed by atoms with Gasteiger partial charge in [-0.15, -0.1) is 0 Å². The van der Waals surface area contributed by atoms with Gasteiger partial charge in [-0.05, 0) is 79.6 Å². The minimum atomic E-state index is -1.82. The predicted octanol–water partition coefficient (Wildman–Crippen LogP) is 3.77. The summed E-state index contributed by atoms with van der Waals surface area (Å²) in [6.07, 6.45) is 2.07. The Morgan fingerprint density at radius 3 is 2.28 bits per heavy atom. The van der Waals surface area contributed by atoms with E-state index in [9.17, 15) is 4.21 Å². The normalized spacial score (nSPS) is 12.0. The van der Waals surface area contributed by atoms with E-state index in [1.165, 1.54) is 0 Å². The van der Waals surface area contributed by atoms with Crippen molar-refractivity contribution in [3.8, 4) is 28.4 Å². The van der Waals surface area contributed by atoms with Crippen LogP contribution in [0.2, 0.25) is 0 Å². The van der Waals surface area contributed by atoms with E-state index in [-0.39, 0.29) is 0 Å². The van der Waals surface area contributed by atoms with E-state index in [0.29, 0.717) is 12.4 Å². The van der Waals surface area contributed by atoms with Crippen LogP contribution in [0.4, 0.5) is 0 Å². The van der Waals surface area contributed by atoms with E-state index in [2.05, 4.69) is 23.8 Å². The van der Waals surface area contributed by atoms with Crippen molar-refractivity contribution in [2.24, 2.45) is 5.14 Å². The lowest BCUT2D eigenvalue weighted by atomic mass is 10.1. The molecule has 1 heterocycles. The third kappa shape index (κ3) is 4.10. The second kappa shape index (κ2) is 7.55. The van der Waals surface area contributed by atoms with Gasteiger partial charge in [-0.3, -0.25) is 0 Å². The first-order valence-electron chi connectivity index (χ1n) is 7.94. The van der Waals surface area contributed by atoms with Gasteiger partial charge in [-0.2, -0.15) is 4.21 Å². The van der Waals surface area contributed by atoms with Gasteiger partial charge in [0.05, 0.1) is 12.3 Å². The molecule has 0 fully saturated rings. The fourth-order valence-electron chi connectivity index (χ4n) is 2.68. The minimum absolute atomic E-state index is 0.469. The Morgan fingerprint density at radius 1 is 1.04 bits per heavy atom. The number of benzene rings is 2. The van der Waals surface area contributed by atoms with Gasteiger partial charge < -0.3 is 13.5 Å². The summed E-state index contributed by atoms with van der Waals surface area (Å²) < 4.78 is 23.5. The van der Waals surface area contributed by atoms with E-state index in [1.54, 1.807) is 12.1 Å². The Morgan fingerprint density at radius 2 is 1.68 bits per heavy atom. The summed E-state index contributed by atoms with van der Waals surface area (Å²) in [6, 6.07) is 17.5. The number of aryl methyl sites for hydroxylation is 1. The molecule has 0 aliphatic carbocycles. The van der Waals surface area contributed by atoms with Crippen molar-refractivity contribution in [1.82, 2.24) is 4.57 Å². The zero-order chi connectivity index (χ0) is 17.8. The van der Waals surface area contributed by atoms with Crippen LogP contribution in [0.1, 0.15) is 12.5 Å². The molecule has 0 aliphatic heterocycles. The maximum Gasteiger partial charge on any atom is 0.285 e. The van der Waals surface area contributed by atoms with Crippen molar-refractivity contribution < 1.29 is 13.1 Å². The Labute approximate surface area is 149 Å². The maximum atomic E-state index is 10.9. The highest BCUT2D eigenvalue weighted by atomic mass is 32.2. The van der Waals surface area contributed by atoms with Crippen LogP contribution in [-0.4, -0.2) is 15.4 Å². The lowest BCUT2D eigenvalue weighted by Crippen LogP contribution is -2.09. The van der Waals surface area contributed by atoms with Crippen LogP contribution in [0.15, 0.2) is 60.8 Å². The van der Waals surface area contributed by atoms with Gasteiger partial charge in [0.1, 0.15) is 11.5 Å². The first-order chi connectivity index (χ1) is 12.1. The van der Waals surface area contributed by atoms with Crippen LogP contribution >= 0.6 is 0 Å². The Bertz CT molecular complexity index is 871. The molecule has 6 heteroatoms. The van der Waals surface area contributed by atoms with Crippen LogP contribution in [0, 0.1) is 6.92 Å². The molecule has 3 aromatic rings. The van der Waals surface area contributed by atoms with Crippen LogP contribution in [0.5, 0.6) is 11.5 Å². The van der Waals surface area contributed by atoms with Gasteiger partial charge in [-0.25, -0.2) is 5.14 Å². The molecule has 0 aliphatic rings. The molecule has 5 nitrogen and oxygen atoms in total. The van der Waals surface area contributed by atoms with E-state index < -0.39 is 11.3 Å². The van der Waals surface area contributed by atoms with Gasteiger partial charge in [0.25, 0.3) is 11.3 Å². The zero-order valence-electron chi connectivity index (χ0n) is 14.1. The van der Waals surface area contributed by atoms with E-state index >= 15 is 0 Å². The lowest BCUT2D eigenvalue weighted by molar-refractivity contribution is 0.340. The monoisotopic (exact) mass is 356 g/mol. The minimum Gasteiger partial charge on any atom is -0.494 e. The van der Waals surface area contributed by atoms with Crippen molar-refractivity contribution in [1.29, 1.82) is 0 Å². The lowest BCUT2D eigenvalue weighted by Gasteiger charge is -2.11. The van der Waals surface area contributed by atoms with Crippen molar-refractivity contribution >= 4 is 11.3 Å². The first-order valence-corrected chi connectivity index (χ1v) is 9.08. The fourth-order valence-corrected chi connectivity index (χ4v) is 2.98. The summed E-state index contributed by atoms with van der Waals surface area (Å²) in [5, 5.41) is 5.15. The molecule has 0 spiro atoms. The van der Waals surface area contributed by atoms with Crippen LogP contribution in [-0.2, 0) is 11.3 Å². The molecule has 0 saturated carbocycles. The van der Waals surface area contributed by atoms with Gasteiger partial charge >= 0.3 is 0 Å². The average molecular weight is 356 g/mol. The van der Waals surface area contributed by atoms with Gasteiger partial charge in [-0.1, -0.05) is 0 Å². The zero-order valence-corrected chi connectivity index (χ0v) is 15.0. The number of aromatic nitrogens is 1. The van der Waals surface area contributed by atoms with E-state index in [1.807, 2.05) is 43.3 Å². The Kier molecular flexibility index (Phi) is 5.21. The molecule has 1 aromatic heterocycles. The highest BCUT2D eigenvalue weighted by Crippen LogP contribution is 2.28. The first kappa shape index (κ1) is 17.3. The number of nitrogens with two attached hydrogens (primary N) is 1. The van der Waals surface area contributed by atoms with Crippen molar-refractivity contribution in [2.75, 3.05) is 6.61 Å². The summed E-state index contributed by atoms with van der Waals surface area (Å²) in [6.45, 7) is 4.68. The molecule has 130 valence electrons. The molecule has 0 radical (unpaired) electrons. The smallest absolute Gasteiger partial charge is 0.285 e. The average Bonchev–Trinajstić information content (AvgIpc) is 2.98. The SMILES string of the molecule is CCOc1ccc(-c2cc(C)cn2-c2ccc(OS(N)=O)cc2)cc1. The van der Waals surface area contributed by atoms with Crippen molar-refractivity contribution in [2.45, 2.75) is 13.8 Å². The molecule has 2 aromatic carbocycles. The van der Waals surface area contributed by atoms with E-state index in [4.69, 9.17) is 14.1 Å². The van der Waals surface area contributed by atoms with E-state index in [0.717, 1.165) is 28.3 Å². The summed E-state index contributed by atoms with van der Waals surface area (Å²) in [5.74, 6) is 1.33. The number of nitrogens with zero attached hydrogens (tertiary/aromatic N) is 1. The van der Waals surface area contributed by atoms with Crippen LogP contribution in [0.25, 0.3) is 16.9 Å². The second-order valence-electron chi connectivity index (χ2n) is 5.57. The summed E-state index contributed by atoms with van der Waals surface area (Å²) in [5.41, 5.74) is 4.32. The molecular formula is C19H20N2O3S. The number of hydrogen-bond donors (Lipinski definition) is 1. The Balaban J connectivity index is 1.94. The van der Waals surface area contributed by atoms with Crippen molar-refractivity contribution in [3.05, 3.63) is 66.4 Å². The molecule has 0 saturated heterocycles. The quantitative estimate of drug-likeness (QED) is 0.731. The molecule has 0 bridgehead atoms. The Hall–Kier alpha value is -2.57. The van der Waals surface area contributed by atoms with Crippen LogP contribution < -0.4 is 14.1 Å². The number of hydrogen-bond acceptors (Lipinski definition) is 3. The fraction of sp³-hybridized carbons (Fsp3) is 0.158. The third-order valence-corrected chi connectivity index (χ3v) is 4.07. The number of ether oxygens (including phenoxy) is 1. The summed E-state index contributed by atoms with van der Waals surface area (Å²) in [7, 11) is 0. The highest BCUT2D eigenvalue weighted by molar-refractivity contribution is 7.78. The molecule has 3 rings (SSSR count). The molecule has 1 atom stereocenters. The van der Waals surface area contributed by atoms with Gasteiger partial charge in [0, 0.05) is 11.9 Å². The molecule has 0 amide bonds. The summed E-state index contributed by atoms with van der Waals surface area (Å²) in [4.78, 5) is 0. The number of rotatable bonds is 6. The predicted molar refractivity (Wildman–Crippen MR) is 100 cm³/mol. The van der Waals surface area contributed by atoms with Gasteiger partial charge in [0.15, 0.2) is 0 Å². The molecule has 1 unspecified atom stereocenters. The topological polar surface area (TPSA) is 66.5 Å². The standard InChI is InChI=1S/C19H20N2O3S/c1-3-23-17-8-4-15(5-9-17)19-12-14(2)13-21(19)16-6-10-18(11-7-16)24-25(20)22/h4-13H,3,20H2,1-2H3. The molecule has 25 heavy (non-hydrogen) atoms. The second-order valence-corrected chi connectivity index (χ2v) is 6.26. The molecular weight excluding hydrogens is 336 g/mol. The largest absolute Gasteiger partial charge is 0.494 e. The van der Waals surface area contributed by atoms with Crippen molar-refractivity contribution in [3.63, 3.8) is 0 Å². The maximum absolute atomic E-state index is 10.9. The highest BCUT2D eigenvalue weighted by Gasteiger charge is 2.09. The summed E-state index contributed by atoms with van der Waals surface area (Å²) >= 11 is -1.82. The van der Waals surface area contributed by atoms with Crippen LogP contribution in [0.3, 0.4) is 0 Å². The molecule has 2 N–H and O–H groups in total.